The Morgan fingerprint density at radius 3 is 2.00 bits per heavy atom. The maximum atomic E-state index is 13.9. The van der Waals surface area contributed by atoms with Crippen molar-refractivity contribution in [2.75, 3.05) is 35.8 Å². The highest BCUT2D eigenvalue weighted by molar-refractivity contribution is 7.92. The number of benzene rings is 3. The van der Waals surface area contributed by atoms with Gasteiger partial charge < -0.3 is 15.1 Å². The van der Waals surface area contributed by atoms with E-state index in [4.69, 9.17) is 9.90 Å². The predicted molar refractivity (Wildman–Crippen MR) is 138 cm³/mol. The van der Waals surface area contributed by atoms with Crippen molar-refractivity contribution >= 4 is 33.3 Å². The minimum atomic E-state index is -5.08. The van der Waals surface area contributed by atoms with Gasteiger partial charge in [0.2, 0.25) is 0 Å². The number of rotatable bonds is 7. The summed E-state index contributed by atoms with van der Waals surface area (Å²) in [5.74, 6) is -4.86. The molecule has 0 aromatic heterocycles. The molecule has 3 aromatic rings. The maximum absolute atomic E-state index is 13.9. The summed E-state index contributed by atoms with van der Waals surface area (Å²) in [5.41, 5.74) is 0.991. The van der Waals surface area contributed by atoms with E-state index in [0.717, 1.165) is 24.3 Å². The van der Waals surface area contributed by atoms with E-state index in [-0.39, 0.29) is 22.0 Å². The van der Waals surface area contributed by atoms with Gasteiger partial charge in [0.05, 0.1) is 16.1 Å². The van der Waals surface area contributed by atoms with Crippen molar-refractivity contribution in [2.24, 2.45) is 0 Å². The first-order valence-electron chi connectivity index (χ1n) is 11.8. The molecular formula is C26H24F5N3O6S. The first-order valence-corrected chi connectivity index (χ1v) is 13.3. The third kappa shape index (κ3) is 8.62. The number of piperazine rings is 1. The van der Waals surface area contributed by atoms with Gasteiger partial charge >= 0.3 is 18.1 Å². The molecule has 1 heterocycles. The van der Waals surface area contributed by atoms with Crippen LogP contribution < -0.4 is 9.62 Å². The molecule has 3 aromatic carbocycles. The van der Waals surface area contributed by atoms with Crippen LogP contribution in [0.4, 0.5) is 33.3 Å². The van der Waals surface area contributed by atoms with Gasteiger partial charge in [-0.2, -0.15) is 13.2 Å². The zero-order chi connectivity index (χ0) is 30.4. The zero-order valence-electron chi connectivity index (χ0n) is 21.1. The van der Waals surface area contributed by atoms with Crippen LogP contribution in [0, 0.1) is 11.6 Å². The second-order valence-electron chi connectivity index (χ2n) is 8.75. The SMILES string of the molecule is O=C(O)C(F)(F)F.O=C(O)c1cc(N2CCN(Cc3ccccc3F)CC2)ccc1NS(=O)(=O)c1ccc(F)cc1. The Labute approximate surface area is 231 Å². The van der Waals surface area contributed by atoms with Crippen LogP contribution in [-0.4, -0.2) is 67.8 Å². The summed E-state index contributed by atoms with van der Waals surface area (Å²) in [6.45, 7) is 3.03. The molecule has 0 saturated carbocycles. The molecule has 0 spiro atoms. The molecule has 0 amide bonds. The van der Waals surface area contributed by atoms with Crippen molar-refractivity contribution in [3.8, 4) is 0 Å². The summed E-state index contributed by atoms with van der Waals surface area (Å²) in [7, 11) is -4.10. The summed E-state index contributed by atoms with van der Waals surface area (Å²) in [5, 5.41) is 16.8. The van der Waals surface area contributed by atoms with Crippen molar-refractivity contribution in [2.45, 2.75) is 17.6 Å². The summed E-state index contributed by atoms with van der Waals surface area (Å²) >= 11 is 0. The molecule has 4 rings (SSSR count). The largest absolute Gasteiger partial charge is 0.490 e. The first-order chi connectivity index (χ1) is 19.2. The topological polar surface area (TPSA) is 127 Å². The van der Waals surface area contributed by atoms with Gasteiger partial charge in [0.15, 0.2) is 0 Å². The Bertz CT molecular complexity index is 1490. The molecule has 1 saturated heterocycles. The molecule has 220 valence electrons. The van der Waals surface area contributed by atoms with Crippen LogP contribution in [0.3, 0.4) is 0 Å². The standard InChI is InChI=1S/C24H23F2N3O4S.C2HF3O2/c25-18-5-8-20(9-6-18)34(32,33)27-23-10-7-19(15-21(23)24(30)31)29-13-11-28(12-14-29)16-17-3-1-2-4-22(17)26;3-2(4,5)1(6)7/h1-10,15,27H,11-14,16H2,(H,30,31);(H,6,7). The Hall–Kier alpha value is -4.24. The molecule has 1 fully saturated rings. The van der Waals surface area contributed by atoms with E-state index >= 15 is 0 Å². The van der Waals surface area contributed by atoms with Crippen LogP contribution in [0.5, 0.6) is 0 Å². The Morgan fingerprint density at radius 2 is 1.46 bits per heavy atom. The first kappa shape index (κ1) is 31.3. The van der Waals surface area contributed by atoms with E-state index in [2.05, 4.69) is 9.62 Å². The number of carboxylic acids is 2. The normalized spacial score (nSPS) is 14.1. The van der Waals surface area contributed by atoms with Crippen LogP contribution in [0.15, 0.2) is 71.6 Å². The number of alkyl halides is 3. The van der Waals surface area contributed by atoms with Gasteiger partial charge in [0, 0.05) is 44.0 Å². The molecule has 3 N–H and O–H groups in total. The van der Waals surface area contributed by atoms with Crippen LogP contribution in [0.1, 0.15) is 15.9 Å². The number of nitrogens with one attached hydrogen (secondary N) is 1. The molecule has 1 aliphatic rings. The van der Waals surface area contributed by atoms with Crippen molar-refractivity contribution in [1.82, 2.24) is 4.90 Å². The molecule has 41 heavy (non-hydrogen) atoms. The molecular weight excluding hydrogens is 577 g/mol. The van der Waals surface area contributed by atoms with Crippen molar-refractivity contribution in [1.29, 1.82) is 0 Å². The average Bonchev–Trinajstić information content (AvgIpc) is 2.90. The smallest absolute Gasteiger partial charge is 0.478 e. The third-order valence-corrected chi connectivity index (χ3v) is 7.31. The average molecular weight is 602 g/mol. The number of anilines is 2. The van der Waals surface area contributed by atoms with Crippen molar-refractivity contribution in [3.05, 3.63) is 89.5 Å². The quantitative estimate of drug-likeness (QED) is 0.340. The van der Waals surface area contributed by atoms with E-state index in [1.165, 1.54) is 18.2 Å². The fourth-order valence-electron chi connectivity index (χ4n) is 3.84. The van der Waals surface area contributed by atoms with Gasteiger partial charge in [-0.15, -0.1) is 0 Å². The second kappa shape index (κ2) is 13.0. The van der Waals surface area contributed by atoms with Crippen molar-refractivity contribution in [3.63, 3.8) is 0 Å². The van der Waals surface area contributed by atoms with Gasteiger partial charge in [-0.3, -0.25) is 9.62 Å². The number of carboxylic acid groups (broad SMARTS) is 2. The lowest BCUT2D eigenvalue weighted by Crippen LogP contribution is -2.46. The van der Waals surface area contributed by atoms with Gasteiger partial charge in [-0.25, -0.2) is 26.8 Å². The molecule has 0 bridgehead atoms. The summed E-state index contributed by atoms with van der Waals surface area (Å²) in [6, 6.07) is 15.4. The predicted octanol–water partition coefficient (Wildman–Crippen LogP) is 4.42. The Kier molecular flexibility index (Phi) is 9.88. The minimum Gasteiger partial charge on any atom is -0.478 e. The molecule has 1 aliphatic heterocycles. The van der Waals surface area contributed by atoms with Gasteiger partial charge in [0.1, 0.15) is 11.6 Å². The lowest BCUT2D eigenvalue weighted by Gasteiger charge is -2.36. The molecule has 0 unspecified atom stereocenters. The summed E-state index contributed by atoms with van der Waals surface area (Å²) < 4.78 is 86.3. The van der Waals surface area contributed by atoms with Crippen molar-refractivity contribution < 1.29 is 50.2 Å². The van der Waals surface area contributed by atoms with E-state index in [9.17, 15) is 40.3 Å². The lowest BCUT2D eigenvalue weighted by atomic mass is 10.1. The highest BCUT2D eigenvalue weighted by Crippen LogP contribution is 2.27. The van der Waals surface area contributed by atoms with E-state index < -0.39 is 34.0 Å². The number of sulfonamides is 1. The van der Waals surface area contributed by atoms with Gasteiger partial charge in [-0.1, -0.05) is 18.2 Å². The summed E-state index contributed by atoms with van der Waals surface area (Å²) in [4.78, 5) is 24.7. The van der Waals surface area contributed by atoms with E-state index in [1.807, 2.05) is 4.90 Å². The van der Waals surface area contributed by atoms with E-state index in [0.29, 0.717) is 44.0 Å². The number of aromatic carboxylic acids is 1. The van der Waals surface area contributed by atoms with E-state index in [1.54, 1.807) is 24.3 Å². The molecule has 0 atom stereocenters. The fraction of sp³-hybridized carbons (Fsp3) is 0.231. The minimum absolute atomic E-state index is 0.0845. The molecule has 0 radical (unpaired) electrons. The molecule has 0 aliphatic carbocycles. The number of aliphatic carboxylic acids is 1. The highest BCUT2D eigenvalue weighted by atomic mass is 32.2. The second-order valence-corrected chi connectivity index (χ2v) is 10.4. The number of hydrogen-bond acceptors (Lipinski definition) is 6. The zero-order valence-corrected chi connectivity index (χ0v) is 21.9. The number of carbonyl (C=O) groups is 2. The molecule has 15 heteroatoms. The number of halogens is 5. The van der Waals surface area contributed by atoms with Crippen LogP contribution in [0.2, 0.25) is 0 Å². The van der Waals surface area contributed by atoms with Gasteiger partial charge in [0.25, 0.3) is 10.0 Å². The lowest BCUT2D eigenvalue weighted by molar-refractivity contribution is -0.192. The number of hydrogen-bond donors (Lipinski definition) is 3. The maximum Gasteiger partial charge on any atom is 0.490 e. The highest BCUT2D eigenvalue weighted by Gasteiger charge is 2.38. The van der Waals surface area contributed by atoms with Gasteiger partial charge in [-0.05, 0) is 48.5 Å². The summed E-state index contributed by atoms with van der Waals surface area (Å²) in [6.07, 6.45) is -5.08. The Balaban J connectivity index is 0.000000587. The molecule has 9 nitrogen and oxygen atoms in total. The Morgan fingerprint density at radius 1 is 0.878 bits per heavy atom. The third-order valence-electron chi connectivity index (χ3n) is 5.93. The van der Waals surface area contributed by atoms with Crippen LogP contribution in [0.25, 0.3) is 0 Å². The van der Waals surface area contributed by atoms with Crippen LogP contribution >= 0.6 is 0 Å². The monoisotopic (exact) mass is 601 g/mol. The fourth-order valence-corrected chi connectivity index (χ4v) is 4.92. The number of nitrogens with zero attached hydrogens (tertiary/aromatic N) is 2. The van der Waals surface area contributed by atoms with Crippen LogP contribution in [-0.2, 0) is 21.4 Å².